The Balaban J connectivity index is 1.45. The topological polar surface area (TPSA) is 69.0 Å². The average molecular weight is 382 g/mol. The van der Waals surface area contributed by atoms with Crippen molar-refractivity contribution in [2.24, 2.45) is 5.92 Å². The van der Waals surface area contributed by atoms with Gasteiger partial charge in [0, 0.05) is 30.6 Å². The van der Waals surface area contributed by atoms with E-state index in [0.29, 0.717) is 19.0 Å². The quantitative estimate of drug-likeness (QED) is 0.729. The van der Waals surface area contributed by atoms with Crippen LogP contribution in [0.4, 0.5) is 0 Å². The maximum absolute atomic E-state index is 11.5. The van der Waals surface area contributed by atoms with Crippen molar-refractivity contribution >= 4 is 27.5 Å². The second kappa shape index (κ2) is 6.64. The van der Waals surface area contributed by atoms with E-state index in [1.165, 1.54) is 19.3 Å². The highest BCUT2D eigenvalue weighted by Gasteiger charge is 2.28. The van der Waals surface area contributed by atoms with Gasteiger partial charge in [0.15, 0.2) is 0 Å². The van der Waals surface area contributed by atoms with Gasteiger partial charge in [0.05, 0.1) is 28.0 Å². The van der Waals surface area contributed by atoms with Crippen LogP contribution in [0, 0.1) is 5.92 Å². The molecule has 0 radical (unpaired) electrons. The van der Waals surface area contributed by atoms with Crippen molar-refractivity contribution in [3.63, 3.8) is 0 Å². The maximum Gasteiger partial charge on any atom is 0.220 e. The molecule has 2 unspecified atom stereocenters. The van der Waals surface area contributed by atoms with Gasteiger partial charge in [-0.25, -0.2) is 4.98 Å². The van der Waals surface area contributed by atoms with E-state index < -0.39 is 0 Å². The predicted octanol–water partition coefficient (Wildman–Crippen LogP) is 3.79. The third-order valence-electron chi connectivity index (χ3n) is 5.77. The van der Waals surface area contributed by atoms with Gasteiger partial charge in [0.1, 0.15) is 11.9 Å². The van der Waals surface area contributed by atoms with Crippen molar-refractivity contribution in [2.45, 2.75) is 44.8 Å². The normalized spacial score (nSPS) is 21.2. The summed E-state index contributed by atoms with van der Waals surface area (Å²) < 4.78 is 9.45. The summed E-state index contributed by atoms with van der Waals surface area (Å²) in [7, 11) is 0. The molecular weight excluding hydrogens is 360 g/mol. The fraction of sp³-hybridized carbons (Fsp3) is 0.450. The molecule has 0 bridgehead atoms. The summed E-state index contributed by atoms with van der Waals surface area (Å²) in [4.78, 5) is 16.0. The van der Waals surface area contributed by atoms with Crippen molar-refractivity contribution in [2.75, 3.05) is 6.54 Å². The molecule has 27 heavy (non-hydrogen) atoms. The van der Waals surface area contributed by atoms with Gasteiger partial charge in [0.25, 0.3) is 0 Å². The van der Waals surface area contributed by atoms with Gasteiger partial charge in [-0.2, -0.15) is 5.10 Å². The molecule has 1 amide bonds. The lowest BCUT2D eigenvalue weighted by atomic mass is 9.93. The minimum atomic E-state index is -0.0396. The molecule has 2 fully saturated rings. The lowest BCUT2D eigenvalue weighted by molar-refractivity contribution is -0.119. The van der Waals surface area contributed by atoms with Crippen LogP contribution in [0.5, 0.6) is 5.75 Å². The van der Waals surface area contributed by atoms with E-state index >= 15 is 0 Å². The highest BCUT2D eigenvalue weighted by molar-refractivity contribution is 7.17. The Bertz CT molecular complexity index is 991. The summed E-state index contributed by atoms with van der Waals surface area (Å²) in [6, 6.07) is 4.74. The molecule has 1 aromatic carbocycles. The van der Waals surface area contributed by atoms with Gasteiger partial charge in [-0.1, -0.05) is 0 Å². The summed E-state index contributed by atoms with van der Waals surface area (Å²) >= 11 is 1.59. The summed E-state index contributed by atoms with van der Waals surface area (Å²) in [5.41, 5.74) is 4.95. The first-order chi connectivity index (χ1) is 13.2. The first kappa shape index (κ1) is 16.7. The summed E-state index contributed by atoms with van der Waals surface area (Å²) in [5.74, 6) is 1.15. The molecule has 5 rings (SSSR count). The van der Waals surface area contributed by atoms with E-state index in [9.17, 15) is 4.79 Å². The third-order valence-corrected chi connectivity index (χ3v) is 6.62. The number of ether oxygens (including phenoxy) is 1. The zero-order chi connectivity index (χ0) is 18.4. The first-order valence-corrected chi connectivity index (χ1v) is 10.4. The van der Waals surface area contributed by atoms with Crippen LogP contribution in [0.1, 0.15) is 38.6 Å². The zero-order valence-electron chi connectivity index (χ0n) is 15.2. The molecule has 1 saturated carbocycles. The zero-order valence-corrected chi connectivity index (χ0v) is 16.0. The molecule has 0 spiro atoms. The highest BCUT2D eigenvalue weighted by Crippen LogP contribution is 2.37. The Labute approximate surface area is 161 Å². The highest BCUT2D eigenvalue weighted by atomic mass is 32.1. The fourth-order valence-electron chi connectivity index (χ4n) is 3.79. The van der Waals surface area contributed by atoms with E-state index in [-0.39, 0.29) is 17.9 Å². The Morgan fingerprint density at radius 2 is 2.22 bits per heavy atom. The van der Waals surface area contributed by atoms with Gasteiger partial charge in [0.2, 0.25) is 5.91 Å². The van der Waals surface area contributed by atoms with Crippen LogP contribution in [-0.4, -0.2) is 33.3 Å². The largest absolute Gasteiger partial charge is 0.489 e. The number of carbonyl (C=O) groups is 1. The minimum Gasteiger partial charge on any atom is -0.489 e. The second-order valence-corrected chi connectivity index (χ2v) is 8.41. The average Bonchev–Trinajstić information content (AvgIpc) is 3.33. The lowest BCUT2D eigenvalue weighted by Gasteiger charge is -2.25. The molecule has 1 N–H and O–H groups in total. The number of thiazole rings is 1. The van der Waals surface area contributed by atoms with E-state index in [4.69, 9.17) is 4.74 Å². The van der Waals surface area contributed by atoms with E-state index in [1.807, 2.05) is 18.6 Å². The minimum absolute atomic E-state index is 0.0396. The van der Waals surface area contributed by atoms with E-state index in [2.05, 4.69) is 38.4 Å². The van der Waals surface area contributed by atoms with Gasteiger partial charge < -0.3 is 10.1 Å². The molecule has 1 aliphatic heterocycles. The number of nitrogens with zero attached hydrogens (tertiary/aromatic N) is 3. The maximum atomic E-state index is 11.5. The number of rotatable bonds is 5. The van der Waals surface area contributed by atoms with Crippen molar-refractivity contribution in [3.8, 4) is 16.9 Å². The number of fused-ring (bicyclic) bond motifs is 1. The van der Waals surface area contributed by atoms with Crippen LogP contribution in [0.2, 0.25) is 0 Å². The standard InChI is InChI=1S/C20H22N4O2S/c1-12(14-7-19(25)21-8-14)26-18-6-13(5-17-20(18)27-11-22-17)15-9-23-24(10-15)16-3-2-4-16/h5-6,9-12,14,16H,2-4,7-8H2,1H3,(H,21,25). The van der Waals surface area contributed by atoms with Crippen LogP contribution < -0.4 is 10.1 Å². The molecule has 6 nitrogen and oxygen atoms in total. The predicted molar refractivity (Wildman–Crippen MR) is 105 cm³/mol. The third kappa shape index (κ3) is 3.10. The lowest BCUT2D eigenvalue weighted by Crippen LogP contribution is -2.25. The Morgan fingerprint density at radius 3 is 2.96 bits per heavy atom. The molecule has 7 heteroatoms. The van der Waals surface area contributed by atoms with Crippen LogP contribution >= 0.6 is 11.3 Å². The first-order valence-electron chi connectivity index (χ1n) is 9.52. The smallest absolute Gasteiger partial charge is 0.220 e. The Morgan fingerprint density at radius 1 is 1.33 bits per heavy atom. The molecule has 140 valence electrons. The number of nitrogens with one attached hydrogen (secondary N) is 1. The number of benzene rings is 1. The number of hydrogen-bond donors (Lipinski definition) is 1. The summed E-state index contributed by atoms with van der Waals surface area (Å²) in [6.07, 6.45) is 8.27. The molecule has 2 aliphatic rings. The number of amides is 1. The van der Waals surface area contributed by atoms with Crippen LogP contribution in [0.25, 0.3) is 21.3 Å². The number of carbonyl (C=O) groups excluding carboxylic acids is 1. The van der Waals surface area contributed by atoms with Crippen molar-refractivity contribution in [1.82, 2.24) is 20.1 Å². The Kier molecular flexibility index (Phi) is 4.11. The SMILES string of the molecule is CC(Oc1cc(-c2cnn(C3CCC3)c2)cc2ncsc12)C1CNC(=O)C1. The van der Waals surface area contributed by atoms with Gasteiger partial charge in [-0.15, -0.1) is 11.3 Å². The Hall–Kier alpha value is -2.41. The van der Waals surface area contributed by atoms with Crippen molar-refractivity contribution < 1.29 is 9.53 Å². The van der Waals surface area contributed by atoms with Gasteiger partial charge in [-0.3, -0.25) is 9.48 Å². The molecular formula is C20H22N4O2S. The summed E-state index contributed by atoms with van der Waals surface area (Å²) in [5, 5.41) is 7.45. The number of aromatic nitrogens is 3. The van der Waals surface area contributed by atoms with Crippen molar-refractivity contribution in [3.05, 3.63) is 30.0 Å². The van der Waals surface area contributed by atoms with Gasteiger partial charge in [-0.05, 0) is 43.9 Å². The molecule has 2 aromatic heterocycles. The van der Waals surface area contributed by atoms with Gasteiger partial charge >= 0.3 is 0 Å². The van der Waals surface area contributed by atoms with Crippen LogP contribution in [0.15, 0.2) is 30.0 Å². The van der Waals surface area contributed by atoms with Crippen LogP contribution in [0.3, 0.4) is 0 Å². The van der Waals surface area contributed by atoms with E-state index in [0.717, 1.165) is 27.1 Å². The second-order valence-electron chi connectivity index (χ2n) is 7.56. The van der Waals surface area contributed by atoms with Crippen molar-refractivity contribution in [1.29, 1.82) is 0 Å². The number of hydrogen-bond acceptors (Lipinski definition) is 5. The monoisotopic (exact) mass is 382 g/mol. The molecule has 3 aromatic rings. The summed E-state index contributed by atoms with van der Waals surface area (Å²) in [6.45, 7) is 2.72. The molecule has 1 aliphatic carbocycles. The molecule has 2 atom stereocenters. The molecule has 3 heterocycles. The fourth-order valence-corrected chi connectivity index (χ4v) is 4.51. The van der Waals surface area contributed by atoms with Crippen LogP contribution in [-0.2, 0) is 4.79 Å². The molecule has 1 saturated heterocycles. The van der Waals surface area contributed by atoms with E-state index in [1.54, 1.807) is 11.3 Å².